The van der Waals surface area contributed by atoms with Crippen molar-refractivity contribution in [2.75, 3.05) is 13.1 Å². The van der Waals surface area contributed by atoms with Crippen LogP contribution in [0.15, 0.2) is 33.4 Å². The monoisotopic (exact) mass is 273 g/mol. The average molecular weight is 273 g/mol. The van der Waals surface area contributed by atoms with Crippen LogP contribution >= 0.6 is 0 Å². The lowest BCUT2D eigenvalue weighted by atomic mass is 9.98. The molecule has 1 aliphatic carbocycles. The zero-order chi connectivity index (χ0) is 13.5. The first-order chi connectivity index (χ1) is 9.79. The number of likely N-dealkylation sites (tertiary alicyclic amines) is 1. The lowest BCUT2D eigenvalue weighted by Crippen LogP contribution is -2.30. The largest absolute Gasteiger partial charge is 0.461 e. The molecule has 4 rings (SSSR count). The zero-order valence-corrected chi connectivity index (χ0v) is 11.4. The Morgan fingerprint density at radius 2 is 2.25 bits per heavy atom. The van der Waals surface area contributed by atoms with E-state index in [9.17, 15) is 0 Å². The Bertz CT molecular complexity index is 578. The molecule has 5 heteroatoms. The molecule has 1 aliphatic heterocycles. The standard InChI is InChI=1S/C15H19N3O2/c16-13-4-3-10-7-18(9-12(10)13)8-11-6-15(20-17-11)14-2-1-5-19-14/h1-2,5-6,10,12-13H,3-4,7-9,16H2. The van der Waals surface area contributed by atoms with Gasteiger partial charge in [0, 0.05) is 31.7 Å². The van der Waals surface area contributed by atoms with Crippen LogP contribution in [0.3, 0.4) is 0 Å². The summed E-state index contributed by atoms with van der Waals surface area (Å²) in [6.07, 6.45) is 4.11. The molecule has 0 bridgehead atoms. The highest BCUT2D eigenvalue weighted by molar-refractivity contribution is 5.49. The molecule has 20 heavy (non-hydrogen) atoms. The Labute approximate surface area is 117 Å². The Balaban J connectivity index is 1.43. The summed E-state index contributed by atoms with van der Waals surface area (Å²) < 4.78 is 10.7. The van der Waals surface area contributed by atoms with Crippen LogP contribution in [-0.2, 0) is 6.54 Å². The van der Waals surface area contributed by atoms with Gasteiger partial charge in [-0.15, -0.1) is 0 Å². The molecule has 2 fully saturated rings. The molecule has 3 atom stereocenters. The summed E-state index contributed by atoms with van der Waals surface area (Å²) in [6, 6.07) is 6.08. The third-order valence-corrected chi connectivity index (χ3v) is 4.70. The van der Waals surface area contributed by atoms with Crippen molar-refractivity contribution in [2.45, 2.75) is 25.4 Å². The van der Waals surface area contributed by atoms with E-state index in [1.54, 1.807) is 6.26 Å². The van der Waals surface area contributed by atoms with E-state index in [-0.39, 0.29) is 0 Å². The van der Waals surface area contributed by atoms with Gasteiger partial charge in [0.05, 0.1) is 12.0 Å². The molecular formula is C15H19N3O2. The molecule has 3 unspecified atom stereocenters. The predicted molar refractivity (Wildman–Crippen MR) is 73.7 cm³/mol. The molecule has 0 amide bonds. The zero-order valence-electron chi connectivity index (χ0n) is 11.4. The van der Waals surface area contributed by atoms with Crippen molar-refractivity contribution in [3.05, 3.63) is 30.2 Å². The molecule has 2 aliphatic rings. The summed E-state index contributed by atoms with van der Waals surface area (Å²) >= 11 is 0. The first-order valence-electron chi connectivity index (χ1n) is 7.27. The van der Waals surface area contributed by atoms with Crippen molar-refractivity contribution in [2.24, 2.45) is 17.6 Å². The van der Waals surface area contributed by atoms with Gasteiger partial charge in [0.1, 0.15) is 0 Å². The van der Waals surface area contributed by atoms with Crippen molar-refractivity contribution in [1.82, 2.24) is 10.1 Å². The van der Waals surface area contributed by atoms with Gasteiger partial charge < -0.3 is 14.7 Å². The third-order valence-electron chi connectivity index (χ3n) is 4.70. The van der Waals surface area contributed by atoms with Crippen LogP contribution in [0, 0.1) is 11.8 Å². The number of aromatic nitrogens is 1. The molecule has 2 aromatic rings. The number of nitrogens with zero attached hydrogens (tertiary/aromatic N) is 2. The smallest absolute Gasteiger partial charge is 0.202 e. The number of fused-ring (bicyclic) bond motifs is 1. The van der Waals surface area contributed by atoms with Crippen LogP contribution in [0.5, 0.6) is 0 Å². The van der Waals surface area contributed by atoms with Crippen molar-refractivity contribution < 1.29 is 8.94 Å². The van der Waals surface area contributed by atoms with Crippen LogP contribution in [0.2, 0.25) is 0 Å². The van der Waals surface area contributed by atoms with E-state index in [0.717, 1.165) is 37.0 Å². The SMILES string of the molecule is NC1CCC2CN(Cc3cc(-c4ccco4)on3)CC12. The Kier molecular flexibility index (Phi) is 2.89. The fraction of sp³-hybridized carbons (Fsp3) is 0.533. The molecule has 2 aromatic heterocycles. The topological polar surface area (TPSA) is 68.4 Å². The van der Waals surface area contributed by atoms with Crippen molar-refractivity contribution >= 4 is 0 Å². The summed E-state index contributed by atoms with van der Waals surface area (Å²) in [4.78, 5) is 2.44. The average Bonchev–Trinajstić information content (AvgIpc) is 3.17. The minimum absolute atomic E-state index is 0.390. The molecule has 1 saturated carbocycles. The Morgan fingerprint density at radius 1 is 1.30 bits per heavy atom. The minimum Gasteiger partial charge on any atom is -0.461 e. The maximum absolute atomic E-state index is 6.17. The van der Waals surface area contributed by atoms with Gasteiger partial charge in [-0.3, -0.25) is 4.90 Å². The van der Waals surface area contributed by atoms with E-state index in [1.807, 2.05) is 18.2 Å². The van der Waals surface area contributed by atoms with E-state index >= 15 is 0 Å². The highest BCUT2D eigenvalue weighted by Crippen LogP contribution is 2.37. The van der Waals surface area contributed by atoms with E-state index < -0.39 is 0 Å². The van der Waals surface area contributed by atoms with Crippen molar-refractivity contribution in [3.63, 3.8) is 0 Å². The number of hydrogen-bond acceptors (Lipinski definition) is 5. The molecule has 3 heterocycles. The number of rotatable bonds is 3. The second-order valence-electron chi connectivity index (χ2n) is 6.02. The maximum Gasteiger partial charge on any atom is 0.202 e. The van der Waals surface area contributed by atoms with E-state index in [4.69, 9.17) is 14.7 Å². The summed E-state index contributed by atoms with van der Waals surface area (Å²) in [6.45, 7) is 3.07. The van der Waals surface area contributed by atoms with Crippen molar-refractivity contribution in [3.8, 4) is 11.5 Å². The highest BCUT2D eigenvalue weighted by atomic mass is 16.5. The van der Waals surface area contributed by atoms with Crippen molar-refractivity contribution in [1.29, 1.82) is 0 Å². The highest BCUT2D eigenvalue weighted by Gasteiger charge is 2.40. The van der Waals surface area contributed by atoms with Gasteiger partial charge in [0.25, 0.3) is 0 Å². The number of furan rings is 1. The van der Waals surface area contributed by atoms with Crippen LogP contribution in [0.1, 0.15) is 18.5 Å². The first-order valence-corrected chi connectivity index (χ1v) is 7.27. The summed E-state index contributed by atoms with van der Waals surface area (Å²) in [5, 5.41) is 4.14. The molecule has 106 valence electrons. The van der Waals surface area contributed by atoms with E-state index in [0.29, 0.717) is 17.7 Å². The van der Waals surface area contributed by atoms with Gasteiger partial charge in [-0.2, -0.15) is 0 Å². The van der Waals surface area contributed by atoms with E-state index in [1.165, 1.54) is 12.8 Å². The third kappa shape index (κ3) is 2.07. The lowest BCUT2D eigenvalue weighted by Gasteiger charge is -2.16. The molecule has 0 spiro atoms. The molecule has 0 aromatic carbocycles. The van der Waals surface area contributed by atoms with E-state index in [2.05, 4.69) is 10.1 Å². The Morgan fingerprint density at radius 3 is 3.05 bits per heavy atom. The van der Waals surface area contributed by atoms with Gasteiger partial charge in [0.2, 0.25) is 5.76 Å². The fourth-order valence-electron chi connectivity index (χ4n) is 3.68. The van der Waals surface area contributed by atoms with Gasteiger partial charge in [-0.25, -0.2) is 0 Å². The second-order valence-corrected chi connectivity index (χ2v) is 6.02. The van der Waals surface area contributed by atoms with Gasteiger partial charge in [-0.05, 0) is 36.8 Å². The second kappa shape index (κ2) is 4.75. The quantitative estimate of drug-likeness (QED) is 0.927. The lowest BCUT2D eigenvalue weighted by molar-refractivity contribution is 0.286. The molecular weight excluding hydrogens is 254 g/mol. The summed E-state index contributed by atoms with van der Waals surface area (Å²) in [5.74, 6) is 2.87. The van der Waals surface area contributed by atoms with Crippen LogP contribution in [0.4, 0.5) is 0 Å². The van der Waals surface area contributed by atoms with Gasteiger partial charge in [0.15, 0.2) is 5.76 Å². The molecule has 0 radical (unpaired) electrons. The number of nitrogens with two attached hydrogens (primary N) is 1. The summed E-state index contributed by atoms with van der Waals surface area (Å²) in [7, 11) is 0. The minimum atomic E-state index is 0.390. The fourth-order valence-corrected chi connectivity index (χ4v) is 3.68. The molecule has 1 saturated heterocycles. The van der Waals surface area contributed by atoms with Crippen LogP contribution in [0.25, 0.3) is 11.5 Å². The van der Waals surface area contributed by atoms with Crippen LogP contribution < -0.4 is 5.73 Å². The van der Waals surface area contributed by atoms with Gasteiger partial charge in [-0.1, -0.05) is 5.16 Å². The normalized spacial score (nSPS) is 29.9. The molecule has 5 nitrogen and oxygen atoms in total. The molecule has 2 N–H and O–H groups in total. The predicted octanol–water partition coefficient (Wildman–Crippen LogP) is 2.10. The van der Waals surface area contributed by atoms with Crippen LogP contribution in [-0.4, -0.2) is 29.2 Å². The summed E-state index contributed by atoms with van der Waals surface area (Å²) in [5.41, 5.74) is 7.13. The Hall–Kier alpha value is -1.59. The first kappa shape index (κ1) is 12.2. The maximum atomic E-state index is 6.17. The number of hydrogen-bond donors (Lipinski definition) is 1. The van der Waals surface area contributed by atoms with Gasteiger partial charge >= 0.3 is 0 Å².